The highest BCUT2D eigenvalue weighted by Crippen LogP contribution is 2.29. The van der Waals surface area contributed by atoms with E-state index in [2.05, 4.69) is 12.6 Å². The molecule has 3 nitrogen and oxygen atoms in total. The molecule has 0 aliphatic carbocycles. The first-order valence-corrected chi connectivity index (χ1v) is 6.84. The smallest absolute Gasteiger partial charge is 0.258 e. The molecule has 0 saturated heterocycles. The van der Waals surface area contributed by atoms with Crippen molar-refractivity contribution in [2.45, 2.75) is 24.2 Å². The molecule has 0 amide bonds. The maximum Gasteiger partial charge on any atom is 0.282 e. The third-order valence-electron chi connectivity index (χ3n) is 2.12. The summed E-state index contributed by atoms with van der Waals surface area (Å²) in [6.07, 6.45) is 3.33. The van der Waals surface area contributed by atoms with E-state index in [-0.39, 0.29) is 10.6 Å². The molecule has 0 unspecified atom stereocenters. The number of para-hydroxylation sites is 1. The summed E-state index contributed by atoms with van der Waals surface area (Å²) < 4.78 is 0. The van der Waals surface area contributed by atoms with Crippen LogP contribution in [0.4, 0.5) is 5.69 Å². The van der Waals surface area contributed by atoms with Crippen molar-refractivity contribution in [2.75, 3.05) is 11.5 Å². The molecule has 1 aromatic carbocycles. The van der Waals surface area contributed by atoms with Gasteiger partial charge >= 0.3 is 0 Å². The Hall–Kier alpha value is -0.680. The Morgan fingerprint density at radius 1 is 1.25 bits per heavy atom. The van der Waals surface area contributed by atoms with Crippen molar-refractivity contribution in [1.29, 1.82) is 0 Å². The van der Waals surface area contributed by atoms with Gasteiger partial charge in [-0.3, -0.25) is 10.1 Å². The highest BCUT2D eigenvalue weighted by atomic mass is 32.2. The van der Waals surface area contributed by atoms with Crippen LogP contribution in [0.1, 0.15) is 19.3 Å². The molecule has 5 heteroatoms. The third-order valence-corrected chi connectivity index (χ3v) is 3.59. The van der Waals surface area contributed by atoms with Crippen molar-refractivity contribution in [1.82, 2.24) is 0 Å². The van der Waals surface area contributed by atoms with Crippen molar-refractivity contribution in [3.8, 4) is 0 Å². The van der Waals surface area contributed by atoms with Crippen LogP contribution >= 0.6 is 24.4 Å². The Kier molecular flexibility index (Phi) is 6.33. The van der Waals surface area contributed by atoms with Crippen molar-refractivity contribution < 1.29 is 4.92 Å². The van der Waals surface area contributed by atoms with Crippen LogP contribution in [-0.4, -0.2) is 16.4 Å². The van der Waals surface area contributed by atoms with Gasteiger partial charge in [-0.2, -0.15) is 12.6 Å². The molecule has 0 atom stereocenters. The molecule has 0 aliphatic heterocycles. The van der Waals surface area contributed by atoms with Crippen LogP contribution in [0, 0.1) is 10.1 Å². The summed E-state index contributed by atoms with van der Waals surface area (Å²) in [5, 5.41) is 10.7. The van der Waals surface area contributed by atoms with Crippen LogP contribution in [0.5, 0.6) is 0 Å². The maximum atomic E-state index is 10.7. The van der Waals surface area contributed by atoms with Crippen LogP contribution in [-0.2, 0) is 0 Å². The normalized spacial score (nSPS) is 10.3. The average Bonchev–Trinajstić information content (AvgIpc) is 2.29. The molecule has 16 heavy (non-hydrogen) atoms. The third kappa shape index (κ3) is 4.45. The number of nitro groups is 1. The van der Waals surface area contributed by atoms with E-state index in [0.29, 0.717) is 0 Å². The summed E-state index contributed by atoms with van der Waals surface area (Å²) in [5.74, 6) is 1.84. The fraction of sp³-hybridized carbons (Fsp3) is 0.455. The van der Waals surface area contributed by atoms with E-state index < -0.39 is 0 Å². The van der Waals surface area contributed by atoms with Gasteiger partial charge in [0.05, 0.1) is 9.82 Å². The van der Waals surface area contributed by atoms with Gasteiger partial charge in [-0.05, 0) is 30.4 Å². The van der Waals surface area contributed by atoms with E-state index in [4.69, 9.17) is 0 Å². The lowest BCUT2D eigenvalue weighted by atomic mass is 10.3. The van der Waals surface area contributed by atoms with Crippen molar-refractivity contribution in [2.24, 2.45) is 0 Å². The highest BCUT2D eigenvalue weighted by molar-refractivity contribution is 7.99. The Labute approximate surface area is 105 Å². The lowest BCUT2D eigenvalue weighted by molar-refractivity contribution is -0.387. The topological polar surface area (TPSA) is 43.1 Å². The molecule has 0 heterocycles. The van der Waals surface area contributed by atoms with Gasteiger partial charge < -0.3 is 0 Å². The number of hydrogen-bond acceptors (Lipinski definition) is 4. The monoisotopic (exact) mass is 257 g/mol. The van der Waals surface area contributed by atoms with Gasteiger partial charge in [0.25, 0.3) is 5.69 Å². The van der Waals surface area contributed by atoms with Gasteiger partial charge in [0, 0.05) is 6.07 Å². The first kappa shape index (κ1) is 13.4. The average molecular weight is 257 g/mol. The second-order valence-electron chi connectivity index (χ2n) is 3.36. The van der Waals surface area contributed by atoms with Crippen LogP contribution in [0.2, 0.25) is 0 Å². The minimum absolute atomic E-state index is 0.210. The Morgan fingerprint density at radius 3 is 2.69 bits per heavy atom. The largest absolute Gasteiger partial charge is 0.282 e. The van der Waals surface area contributed by atoms with E-state index in [1.165, 1.54) is 0 Å². The number of unbranched alkanes of at least 4 members (excludes halogenated alkanes) is 2. The zero-order chi connectivity index (χ0) is 11.8. The number of thioether (sulfide) groups is 1. The second-order valence-corrected chi connectivity index (χ2v) is 4.94. The minimum atomic E-state index is -0.323. The summed E-state index contributed by atoms with van der Waals surface area (Å²) in [6.45, 7) is 0. The number of benzene rings is 1. The molecule has 0 aromatic heterocycles. The molecule has 0 fully saturated rings. The first-order valence-electron chi connectivity index (χ1n) is 5.23. The van der Waals surface area contributed by atoms with E-state index >= 15 is 0 Å². The Balaban J connectivity index is 2.44. The zero-order valence-electron chi connectivity index (χ0n) is 8.96. The van der Waals surface area contributed by atoms with Gasteiger partial charge in [-0.25, -0.2) is 0 Å². The molecule has 88 valence electrons. The number of nitrogens with zero attached hydrogens (tertiary/aromatic N) is 1. The SMILES string of the molecule is O=[N+]([O-])c1ccccc1SCCCCCS. The van der Waals surface area contributed by atoms with Crippen molar-refractivity contribution in [3.05, 3.63) is 34.4 Å². The predicted molar refractivity (Wildman–Crippen MR) is 71.5 cm³/mol. The van der Waals surface area contributed by atoms with Gasteiger partial charge in [0.2, 0.25) is 0 Å². The minimum Gasteiger partial charge on any atom is -0.258 e. The molecule has 0 saturated carbocycles. The fourth-order valence-electron chi connectivity index (χ4n) is 1.30. The molecular formula is C11H15NO2S2. The van der Waals surface area contributed by atoms with Gasteiger partial charge in [0.15, 0.2) is 0 Å². The van der Waals surface area contributed by atoms with Crippen molar-refractivity contribution >= 4 is 30.1 Å². The maximum absolute atomic E-state index is 10.7. The van der Waals surface area contributed by atoms with Crippen LogP contribution < -0.4 is 0 Å². The molecule has 0 radical (unpaired) electrons. The number of thiol groups is 1. The molecule has 0 bridgehead atoms. The van der Waals surface area contributed by atoms with Crippen molar-refractivity contribution in [3.63, 3.8) is 0 Å². The summed E-state index contributed by atoms with van der Waals surface area (Å²) in [4.78, 5) is 11.2. The number of nitro benzene ring substituents is 1. The Morgan fingerprint density at radius 2 is 2.00 bits per heavy atom. The molecule has 0 spiro atoms. The van der Waals surface area contributed by atoms with E-state index in [0.717, 1.165) is 35.7 Å². The second kappa shape index (κ2) is 7.57. The summed E-state index contributed by atoms with van der Waals surface area (Å²) in [5.41, 5.74) is 0.210. The molecule has 0 N–H and O–H groups in total. The summed E-state index contributed by atoms with van der Waals surface area (Å²) >= 11 is 5.70. The van der Waals surface area contributed by atoms with Gasteiger partial charge in [-0.1, -0.05) is 18.6 Å². The fourth-order valence-corrected chi connectivity index (χ4v) is 2.56. The van der Waals surface area contributed by atoms with Crippen LogP contribution in [0.3, 0.4) is 0 Å². The highest BCUT2D eigenvalue weighted by Gasteiger charge is 2.11. The lowest BCUT2D eigenvalue weighted by Gasteiger charge is -2.02. The van der Waals surface area contributed by atoms with Crippen LogP contribution in [0.25, 0.3) is 0 Å². The molecule has 1 rings (SSSR count). The molecule has 1 aromatic rings. The van der Waals surface area contributed by atoms with Gasteiger partial charge in [-0.15, -0.1) is 11.8 Å². The quantitative estimate of drug-likeness (QED) is 0.266. The van der Waals surface area contributed by atoms with E-state index in [1.807, 2.05) is 6.07 Å². The summed E-state index contributed by atoms with van der Waals surface area (Å²) in [7, 11) is 0. The van der Waals surface area contributed by atoms with Gasteiger partial charge in [0.1, 0.15) is 0 Å². The predicted octanol–water partition coefficient (Wildman–Crippen LogP) is 3.79. The summed E-state index contributed by atoms with van der Waals surface area (Å²) in [6, 6.07) is 6.89. The standard InChI is InChI=1S/C11H15NO2S2/c13-12(14)10-6-2-3-7-11(10)16-9-5-1-4-8-15/h2-3,6-7,15H,1,4-5,8-9H2. The number of rotatable bonds is 7. The Bertz CT molecular complexity index is 345. The van der Waals surface area contributed by atoms with Crippen LogP contribution in [0.15, 0.2) is 29.2 Å². The lowest BCUT2D eigenvalue weighted by Crippen LogP contribution is -1.91. The van der Waals surface area contributed by atoms with E-state index in [9.17, 15) is 10.1 Å². The molecule has 0 aliphatic rings. The first-order chi connectivity index (χ1) is 7.75. The molecular weight excluding hydrogens is 242 g/mol. The zero-order valence-corrected chi connectivity index (χ0v) is 10.7. The number of hydrogen-bond donors (Lipinski definition) is 1. The van der Waals surface area contributed by atoms with E-state index in [1.54, 1.807) is 30.0 Å².